The first-order chi connectivity index (χ1) is 9.94. The number of anilines is 1. The van der Waals surface area contributed by atoms with Crippen molar-refractivity contribution in [3.8, 4) is 5.75 Å². The molecule has 0 radical (unpaired) electrons. The molecule has 0 heterocycles. The lowest BCUT2D eigenvalue weighted by Crippen LogP contribution is -2.13. The molecule has 110 valence electrons. The summed E-state index contributed by atoms with van der Waals surface area (Å²) in [5.74, 6) is 0.242. The summed E-state index contributed by atoms with van der Waals surface area (Å²) in [6.45, 7) is 0. The van der Waals surface area contributed by atoms with E-state index in [-0.39, 0.29) is 22.0 Å². The monoisotopic (exact) mass is 326 g/mol. The molecule has 9 heteroatoms. The summed E-state index contributed by atoms with van der Waals surface area (Å²) < 4.78 is 31.5. The Hall–Kier alpha value is -2.26. The first-order valence-corrected chi connectivity index (χ1v) is 7.46. The van der Waals surface area contributed by atoms with Gasteiger partial charge in [0.1, 0.15) is 0 Å². The zero-order valence-corrected chi connectivity index (χ0v) is 12.2. The third-order valence-electron chi connectivity index (χ3n) is 2.59. The van der Waals surface area contributed by atoms with E-state index < -0.39 is 14.9 Å². The lowest BCUT2D eigenvalue weighted by molar-refractivity contribution is -0.384. The van der Waals surface area contributed by atoms with Crippen LogP contribution < -0.4 is 8.91 Å². The highest BCUT2D eigenvalue weighted by Gasteiger charge is 2.17. The summed E-state index contributed by atoms with van der Waals surface area (Å²) in [6.07, 6.45) is 0. The highest BCUT2D eigenvalue weighted by Crippen LogP contribution is 2.27. The van der Waals surface area contributed by atoms with Gasteiger partial charge in [-0.15, -0.1) is 0 Å². The first kappa shape index (κ1) is 15.1. The highest BCUT2D eigenvalue weighted by atomic mass is 32.2. The van der Waals surface area contributed by atoms with E-state index in [9.17, 15) is 18.5 Å². The normalized spacial score (nSPS) is 10.9. The molecule has 2 aromatic carbocycles. The van der Waals surface area contributed by atoms with Crippen LogP contribution >= 0.6 is 12.9 Å². The van der Waals surface area contributed by atoms with E-state index in [1.165, 1.54) is 6.07 Å². The molecule has 0 fully saturated rings. The van der Waals surface area contributed by atoms with Gasteiger partial charge in [0.2, 0.25) is 0 Å². The van der Waals surface area contributed by atoms with E-state index in [4.69, 9.17) is 4.18 Å². The van der Waals surface area contributed by atoms with Gasteiger partial charge in [-0.05, 0) is 24.3 Å². The number of hydrogen-bond donors (Lipinski definition) is 2. The second-order valence-corrected chi connectivity index (χ2v) is 5.81. The maximum Gasteiger partial charge on any atom is 0.269 e. The van der Waals surface area contributed by atoms with E-state index in [1.54, 1.807) is 18.2 Å². The summed E-state index contributed by atoms with van der Waals surface area (Å²) in [5, 5.41) is 10.6. The van der Waals surface area contributed by atoms with Crippen LogP contribution in [0.2, 0.25) is 0 Å². The Morgan fingerprint density at radius 2 is 1.71 bits per heavy atom. The molecule has 21 heavy (non-hydrogen) atoms. The lowest BCUT2D eigenvalue weighted by Gasteiger charge is -2.10. The van der Waals surface area contributed by atoms with E-state index in [0.717, 1.165) is 24.3 Å². The second kappa shape index (κ2) is 6.02. The summed E-state index contributed by atoms with van der Waals surface area (Å²) in [4.78, 5) is 9.85. The molecule has 0 aliphatic rings. The van der Waals surface area contributed by atoms with Gasteiger partial charge in [0, 0.05) is 25.0 Å². The predicted molar refractivity (Wildman–Crippen MR) is 80.0 cm³/mol. The van der Waals surface area contributed by atoms with Gasteiger partial charge in [0.25, 0.3) is 15.7 Å². The minimum atomic E-state index is -3.87. The molecule has 0 unspecified atom stereocenters. The fourth-order valence-electron chi connectivity index (χ4n) is 1.58. The van der Waals surface area contributed by atoms with Gasteiger partial charge < -0.3 is 4.18 Å². The first-order valence-electron chi connectivity index (χ1n) is 5.62. The lowest BCUT2D eigenvalue weighted by atomic mass is 10.3. The number of nitrogens with zero attached hydrogens (tertiary/aromatic N) is 1. The van der Waals surface area contributed by atoms with Crippen LogP contribution in [0.15, 0.2) is 53.4 Å². The molecular formula is C12H10N2O5S2. The van der Waals surface area contributed by atoms with E-state index in [2.05, 4.69) is 17.6 Å². The van der Waals surface area contributed by atoms with Gasteiger partial charge in [0.15, 0.2) is 5.75 Å². The van der Waals surface area contributed by atoms with Crippen molar-refractivity contribution in [2.75, 3.05) is 4.72 Å². The third-order valence-corrected chi connectivity index (χ3v) is 4.17. The molecule has 1 N–H and O–H groups in total. The maximum absolute atomic E-state index is 12.2. The standard InChI is InChI=1S/C12H10N2O5S2/c15-14(16)9-5-7-10(8-6-9)21(17,18)13-11-3-1-2-4-12(11)19-20/h1-8,13,20H. The molecule has 2 aromatic rings. The summed E-state index contributed by atoms with van der Waals surface area (Å²) >= 11 is 3.64. The van der Waals surface area contributed by atoms with E-state index in [1.807, 2.05) is 0 Å². The number of nitro groups is 1. The topological polar surface area (TPSA) is 98.5 Å². The molecule has 2 rings (SSSR count). The number of thiol groups is 1. The largest absolute Gasteiger partial charge is 0.427 e. The zero-order chi connectivity index (χ0) is 15.5. The van der Waals surface area contributed by atoms with Crippen LogP contribution in [0.5, 0.6) is 5.75 Å². The zero-order valence-electron chi connectivity index (χ0n) is 10.5. The molecule has 0 aliphatic carbocycles. The van der Waals surface area contributed by atoms with Gasteiger partial charge in [-0.3, -0.25) is 14.8 Å². The van der Waals surface area contributed by atoms with Gasteiger partial charge in [-0.1, -0.05) is 12.1 Å². The van der Waals surface area contributed by atoms with Crippen molar-refractivity contribution in [1.82, 2.24) is 0 Å². The summed E-state index contributed by atoms with van der Waals surface area (Å²) in [6, 6.07) is 10.9. The van der Waals surface area contributed by atoms with Crippen molar-refractivity contribution in [3.63, 3.8) is 0 Å². The predicted octanol–water partition coefficient (Wildman–Crippen LogP) is 2.62. The second-order valence-electron chi connectivity index (χ2n) is 3.94. The Morgan fingerprint density at radius 3 is 2.29 bits per heavy atom. The fourth-order valence-corrected chi connectivity index (χ4v) is 2.81. The quantitative estimate of drug-likeness (QED) is 0.381. The number of non-ortho nitro benzene ring substituents is 1. The van der Waals surface area contributed by atoms with Gasteiger partial charge in [-0.2, -0.15) is 0 Å². The number of sulfonamides is 1. The number of hydrogen-bond acceptors (Lipinski definition) is 6. The molecule has 0 aliphatic heterocycles. The van der Waals surface area contributed by atoms with Crippen LogP contribution in [-0.2, 0) is 10.0 Å². The van der Waals surface area contributed by atoms with Crippen LogP contribution in [0.1, 0.15) is 0 Å². The van der Waals surface area contributed by atoms with Gasteiger partial charge >= 0.3 is 0 Å². The van der Waals surface area contributed by atoms with E-state index in [0.29, 0.717) is 0 Å². The van der Waals surface area contributed by atoms with Gasteiger partial charge in [-0.25, -0.2) is 8.42 Å². The molecule has 0 spiro atoms. The molecule has 0 atom stereocenters. The van der Waals surface area contributed by atoms with Crippen LogP contribution in [0, 0.1) is 10.1 Å². The molecule has 0 amide bonds. The summed E-state index contributed by atoms with van der Waals surface area (Å²) in [5.41, 5.74) is 0.0268. The van der Waals surface area contributed by atoms with Crippen molar-refractivity contribution in [2.45, 2.75) is 4.90 Å². The van der Waals surface area contributed by atoms with Crippen LogP contribution in [0.25, 0.3) is 0 Å². The Kier molecular flexibility index (Phi) is 4.34. The Bertz CT molecular complexity index is 759. The fraction of sp³-hybridized carbons (Fsp3) is 0. The van der Waals surface area contributed by atoms with Gasteiger partial charge in [0.05, 0.1) is 15.5 Å². The summed E-state index contributed by atoms with van der Waals surface area (Å²) in [7, 11) is -3.87. The van der Waals surface area contributed by atoms with Crippen molar-refractivity contribution in [1.29, 1.82) is 0 Å². The number of rotatable bonds is 5. The Labute approximate surface area is 126 Å². The highest BCUT2D eigenvalue weighted by molar-refractivity contribution is 7.92. The van der Waals surface area contributed by atoms with Crippen LogP contribution in [0.4, 0.5) is 11.4 Å². The number of nitrogens with one attached hydrogen (secondary N) is 1. The average Bonchev–Trinajstić information content (AvgIpc) is 2.47. The van der Waals surface area contributed by atoms with E-state index >= 15 is 0 Å². The molecule has 0 saturated heterocycles. The average molecular weight is 326 g/mol. The van der Waals surface area contributed by atoms with Crippen molar-refractivity contribution < 1.29 is 17.5 Å². The SMILES string of the molecule is O=[N+]([O-])c1ccc(S(=O)(=O)Nc2ccccc2OS)cc1. The van der Waals surface area contributed by atoms with Crippen LogP contribution in [-0.4, -0.2) is 13.3 Å². The minimum Gasteiger partial charge on any atom is -0.427 e. The van der Waals surface area contributed by atoms with Crippen molar-refractivity contribution in [2.24, 2.45) is 0 Å². The molecule has 7 nitrogen and oxygen atoms in total. The number of benzene rings is 2. The minimum absolute atomic E-state index is 0.0953. The molecule has 0 bridgehead atoms. The number of para-hydroxylation sites is 2. The number of nitro benzene ring substituents is 1. The Morgan fingerprint density at radius 1 is 1.10 bits per heavy atom. The molecular weight excluding hydrogens is 316 g/mol. The molecule has 0 saturated carbocycles. The van der Waals surface area contributed by atoms with Crippen molar-refractivity contribution >= 4 is 34.3 Å². The Balaban J connectivity index is 2.32. The molecule has 0 aromatic heterocycles. The van der Waals surface area contributed by atoms with Crippen molar-refractivity contribution in [3.05, 3.63) is 58.6 Å². The van der Waals surface area contributed by atoms with Crippen LogP contribution in [0.3, 0.4) is 0 Å². The third kappa shape index (κ3) is 3.44. The maximum atomic E-state index is 12.2. The smallest absolute Gasteiger partial charge is 0.269 e.